The fraction of sp³-hybridized carbons (Fsp3) is 0.667. The summed E-state index contributed by atoms with van der Waals surface area (Å²) in [6.07, 6.45) is 3.35. The van der Waals surface area contributed by atoms with E-state index in [-0.39, 0.29) is 0 Å². The van der Waals surface area contributed by atoms with Crippen LogP contribution in [-0.4, -0.2) is 36.5 Å². The van der Waals surface area contributed by atoms with Crippen molar-refractivity contribution in [2.45, 2.75) is 25.4 Å². The van der Waals surface area contributed by atoms with Gasteiger partial charge in [-0.05, 0) is 31.2 Å². The molecule has 0 saturated heterocycles. The van der Waals surface area contributed by atoms with Crippen LogP contribution < -0.4 is 5.73 Å². The van der Waals surface area contributed by atoms with E-state index in [1.54, 1.807) is 11.3 Å². The Labute approximate surface area is 107 Å². The van der Waals surface area contributed by atoms with Gasteiger partial charge in [-0.3, -0.25) is 4.90 Å². The molecule has 1 rings (SSSR count). The van der Waals surface area contributed by atoms with E-state index in [0.29, 0.717) is 18.6 Å². The van der Waals surface area contributed by atoms with E-state index in [1.165, 1.54) is 17.1 Å². The molecule has 2 atom stereocenters. The summed E-state index contributed by atoms with van der Waals surface area (Å²) < 4.78 is 0. The van der Waals surface area contributed by atoms with Crippen molar-refractivity contribution in [1.82, 2.24) is 4.90 Å². The standard InChI is InChI=1S/C12H22N2S2/c1-4-10(9-15-3)14(2)11(8-13)12-6-5-7-16-12/h5-7,10-11H,4,8-9,13H2,1-3H3. The summed E-state index contributed by atoms with van der Waals surface area (Å²) in [4.78, 5) is 3.81. The molecule has 0 fully saturated rings. The van der Waals surface area contributed by atoms with Crippen LogP contribution in [0, 0.1) is 0 Å². The normalized spacial score (nSPS) is 15.3. The zero-order valence-corrected chi connectivity index (χ0v) is 12.0. The Morgan fingerprint density at radius 3 is 2.75 bits per heavy atom. The predicted octanol–water partition coefficient (Wildman–Crippen LogP) is 2.82. The van der Waals surface area contributed by atoms with Gasteiger partial charge in [-0.1, -0.05) is 13.0 Å². The Bertz CT molecular complexity index is 275. The summed E-state index contributed by atoms with van der Waals surface area (Å²) in [6.45, 7) is 2.95. The number of hydrogen-bond acceptors (Lipinski definition) is 4. The molecule has 1 aromatic heterocycles. The molecule has 16 heavy (non-hydrogen) atoms. The SMILES string of the molecule is CCC(CSC)N(C)C(CN)c1cccs1. The molecule has 1 heterocycles. The summed E-state index contributed by atoms with van der Waals surface area (Å²) in [7, 11) is 2.20. The molecule has 0 aliphatic carbocycles. The number of thiophene rings is 1. The Morgan fingerprint density at radius 2 is 2.31 bits per heavy atom. The molecule has 0 radical (unpaired) electrons. The number of nitrogens with two attached hydrogens (primary N) is 1. The quantitative estimate of drug-likeness (QED) is 0.815. The second kappa shape index (κ2) is 7.33. The number of hydrogen-bond donors (Lipinski definition) is 1. The Hall–Kier alpha value is -0.0300. The van der Waals surface area contributed by atoms with Crippen LogP contribution in [0.4, 0.5) is 0 Å². The molecule has 2 unspecified atom stereocenters. The molecule has 0 bridgehead atoms. The van der Waals surface area contributed by atoms with Crippen LogP contribution in [0.2, 0.25) is 0 Å². The molecule has 1 aromatic rings. The molecular formula is C12H22N2S2. The predicted molar refractivity (Wildman–Crippen MR) is 76.3 cm³/mol. The van der Waals surface area contributed by atoms with Crippen molar-refractivity contribution < 1.29 is 0 Å². The van der Waals surface area contributed by atoms with Gasteiger partial charge in [-0.2, -0.15) is 11.8 Å². The smallest absolute Gasteiger partial charge is 0.0564 e. The minimum Gasteiger partial charge on any atom is -0.329 e. The zero-order valence-electron chi connectivity index (χ0n) is 10.3. The highest BCUT2D eigenvalue weighted by atomic mass is 32.2. The first-order valence-electron chi connectivity index (χ1n) is 5.68. The van der Waals surface area contributed by atoms with Gasteiger partial charge < -0.3 is 5.73 Å². The molecule has 0 spiro atoms. The average Bonchev–Trinajstić information content (AvgIpc) is 2.80. The van der Waals surface area contributed by atoms with Gasteiger partial charge in [0.05, 0.1) is 6.04 Å². The highest BCUT2D eigenvalue weighted by Crippen LogP contribution is 2.26. The fourth-order valence-corrected chi connectivity index (χ4v) is 3.68. The number of rotatable bonds is 7. The lowest BCUT2D eigenvalue weighted by Crippen LogP contribution is -2.39. The van der Waals surface area contributed by atoms with Gasteiger partial charge in [0, 0.05) is 23.2 Å². The van der Waals surface area contributed by atoms with Crippen LogP contribution in [0.5, 0.6) is 0 Å². The maximum atomic E-state index is 5.91. The monoisotopic (exact) mass is 258 g/mol. The number of thioether (sulfide) groups is 1. The molecule has 0 aliphatic heterocycles. The molecule has 0 saturated carbocycles. The first kappa shape index (κ1) is 14.0. The highest BCUT2D eigenvalue weighted by Gasteiger charge is 2.22. The van der Waals surface area contributed by atoms with Gasteiger partial charge in [-0.15, -0.1) is 11.3 Å². The van der Waals surface area contributed by atoms with Gasteiger partial charge in [0.2, 0.25) is 0 Å². The summed E-state index contributed by atoms with van der Waals surface area (Å²) >= 11 is 3.71. The first-order valence-corrected chi connectivity index (χ1v) is 7.96. The van der Waals surface area contributed by atoms with Gasteiger partial charge in [-0.25, -0.2) is 0 Å². The van der Waals surface area contributed by atoms with Crippen molar-refractivity contribution in [3.05, 3.63) is 22.4 Å². The lowest BCUT2D eigenvalue weighted by molar-refractivity contribution is 0.190. The Kier molecular flexibility index (Phi) is 6.43. The molecule has 2 N–H and O–H groups in total. The molecule has 92 valence electrons. The Balaban J connectivity index is 2.71. The summed E-state index contributed by atoms with van der Waals surface area (Å²) in [5.74, 6) is 1.18. The van der Waals surface area contributed by atoms with E-state index in [0.717, 1.165) is 0 Å². The van der Waals surface area contributed by atoms with Crippen LogP contribution in [0.25, 0.3) is 0 Å². The van der Waals surface area contributed by atoms with Crippen LogP contribution in [0.3, 0.4) is 0 Å². The summed E-state index contributed by atoms with van der Waals surface area (Å²) in [5.41, 5.74) is 5.91. The van der Waals surface area contributed by atoms with Gasteiger partial charge >= 0.3 is 0 Å². The van der Waals surface area contributed by atoms with E-state index in [9.17, 15) is 0 Å². The minimum atomic E-state index is 0.372. The van der Waals surface area contributed by atoms with Crippen molar-refractivity contribution in [2.24, 2.45) is 5.73 Å². The second-order valence-electron chi connectivity index (χ2n) is 3.95. The van der Waals surface area contributed by atoms with Crippen molar-refractivity contribution in [3.8, 4) is 0 Å². The summed E-state index contributed by atoms with van der Waals surface area (Å²) in [5, 5.41) is 2.13. The average molecular weight is 258 g/mol. The molecular weight excluding hydrogens is 236 g/mol. The molecule has 4 heteroatoms. The largest absolute Gasteiger partial charge is 0.329 e. The third kappa shape index (κ3) is 3.48. The van der Waals surface area contributed by atoms with Gasteiger partial charge in [0.15, 0.2) is 0 Å². The van der Waals surface area contributed by atoms with E-state index in [1.807, 2.05) is 11.8 Å². The molecule has 0 aliphatic rings. The van der Waals surface area contributed by atoms with Crippen LogP contribution in [0.1, 0.15) is 24.3 Å². The number of nitrogens with zero attached hydrogens (tertiary/aromatic N) is 1. The van der Waals surface area contributed by atoms with Crippen molar-refractivity contribution >= 4 is 23.1 Å². The van der Waals surface area contributed by atoms with E-state index < -0.39 is 0 Å². The summed E-state index contributed by atoms with van der Waals surface area (Å²) in [6, 6.07) is 5.28. The van der Waals surface area contributed by atoms with Crippen molar-refractivity contribution in [2.75, 3.05) is 25.6 Å². The molecule has 2 nitrogen and oxygen atoms in total. The van der Waals surface area contributed by atoms with Crippen molar-refractivity contribution in [1.29, 1.82) is 0 Å². The minimum absolute atomic E-state index is 0.372. The molecule has 0 amide bonds. The maximum Gasteiger partial charge on any atom is 0.0564 e. The van der Waals surface area contributed by atoms with Gasteiger partial charge in [0.1, 0.15) is 0 Å². The molecule has 0 aromatic carbocycles. The number of likely N-dealkylation sites (N-methyl/N-ethyl adjacent to an activating group) is 1. The van der Waals surface area contributed by atoms with Crippen LogP contribution in [0.15, 0.2) is 17.5 Å². The zero-order chi connectivity index (χ0) is 12.0. The topological polar surface area (TPSA) is 29.3 Å². The highest BCUT2D eigenvalue weighted by molar-refractivity contribution is 7.98. The Morgan fingerprint density at radius 1 is 1.56 bits per heavy atom. The lowest BCUT2D eigenvalue weighted by atomic mass is 10.1. The first-order chi connectivity index (χ1) is 7.74. The van der Waals surface area contributed by atoms with E-state index >= 15 is 0 Å². The lowest BCUT2D eigenvalue weighted by Gasteiger charge is -2.33. The van der Waals surface area contributed by atoms with E-state index in [4.69, 9.17) is 5.73 Å². The third-order valence-electron chi connectivity index (χ3n) is 2.99. The van der Waals surface area contributed by atoms with Gasteiger partial charge in [0.25, 0.3) is 0 Å². The van der Waals surface area contributed by atoms with Crippen molar-refractivity contribution in [3.63, 3.8) is 0 Å². The second-order valence-corrected chi connectivity index (χ2v) is 5.84. The van der Waals surface area contributed by atoms with Crippen LogP contribution >= 0.6 is 23.1 Å². The maximum absolute atomic E-state index is 5.91. The van der Waals surface area contributed by atoms with Crippen LogP contribution in [-0.2, 0) is 0 Å². The third-order valence-corrected chi connectivity index (χ3v) is 4.68. The fourth-order valence-electron chi connectivity index (χ4n) is 1.93. The van der Waals surface area contributed by atoms with E-state index in [2.05, 4.69) is 42.6 Å².